The van der Waals surface area contributed by atoms with Crippen LogP contribution in [0.2, 0.25) is 0 Å². The fraction of sp³-hybridized carbons (Fsp3) is 0.231. The molecule has 0 saturated carbocycles. The number of carbonyl (C=O) groups excluding carboxylic acids is 1. The predicted molar refractivity (Wildman–Crippen MR) is 72.8 cm³/mol. The Morgan fingerprint density at radius 2 is 2.24 bits per heavy atom. The quantitative estimate of drug-likeness (QED) is 0.801. The van der Waals surface area contributed by atoms with E-state index in [1.54, 1.807) is 6.92 Å². The Labute approximate surface area is 119 Å². The van der Waals surface area contributed by atoms with Gasteiger partial charge < -0.3 is 15.5 Å². The predicted octanol–water partition coefficient (Wildman–Crippen LogP) is 0.659. The molecule has 0 aliphatic heterocycles. The Morgan fingerprint density at radius 1 is 1.48 bits per heavy atom. The molecule has 0 aliphatic carbocycles. The van der Waals surface area contributed by atoms with Crippen LogP contribution < -0.4 is 11.3 Å². The van der Waals surface area contributed by atoms with Gasteiger partial charge in [0.1, 0.15) is 17.3 Å². The van der Waals surface area contributed by atoms with E-state index in [1.165, 1.54) is 12.1 Å². The van der Waals surface area contributed by atoms with Crippen molar-refractivity contribution in [3.8, 4) is 11.5 Å². The second kappa shape index (κ2) is 6.12. The topological polar surface area (TPSA) is 111 Å². The third-order valence-electron chi connectivity index (χ3n) is 2.64. The van der Waals surface area contributed by atoms with E-state index in [-0.39, 0.29) is 35.9 Å². The molecule has 21 heavy (non-hydrogen) atoms. The molecule has 0 radical (unpaired) electrons. The number of hydrogen-bond donors (Lipinski definition) is 2. The van der Waals surface area contributed by atoms with Crippen LogP contribution in [0.5, 0.6) is 0 Å². The molecule has 8 heteroatoms. The average Bonchev–Trinajstić information content (AvgIpc) is 2.44. The standard InChI is InChI=1S/C13H13FN4O3/c1-2-21-10(19)5-8-11(15)17-12(18-13(8)20)9-4-3-7(14)6-16-9/h3-4,6H,2,5H2,1H3,(H3,15,17,18,20). The average molecular weight is 292 g/mol. The number of anilines is 1. The molecule has 3 N–H and O–H groups in total. The third-order valence-corrected chi connectivity index (χ3v) is 2.64. The van der Waals surface area contributed by atoms with Crippen molar-refractivity contribution in [3.05, 3.63) is 40.1 Å². The monoisotopic (exact) mass is 292 g/mol. The second-order valence-electron chi connectivity index (χ2n) is 4.12. The van der Waals surface area contributed by atoms with Gasteiger partial charge in [-0.3, -0.25) is 9.59 Å². The van der Waals surface area contributed by atoms with Gasteiger partial charge in [0, 0.05) is 0 Å². The summed E-state index contributed by atoms with van der Waals surface area (Å²) in [5, 5.41) is 0. The number of nitrogens with one attached hydrogen (secondary N) is 1. The lowest BCUT2D eigenvalue weighted by atomic mass is 10.2. The number of aromatic amines is 1. The van der Waals surface area contributed by atoms with E-state index in [4.69, 9.17) is 10.5 Å². The van der Waals surface area contributed by atoms with E-state index in [9.17, 15) is 14.0 Å². The summed E-state index contributed by atoms with van der Waals surface area (Å²) in [6.07, 6.45) is 0.733. The molecule has 0 amide bonds. The number of ether oxygens (including phenoxy) is 1. The highest BCUT2D eigenvalue weighted by molar-refractivity contribution is 5.74. The van der Waals surface area contributed by atoms with E-state index in [0.717, 1.165) is 6.20 Å². The first kappa shape index (κ1) is 14.6. The molecule has 2 heterocycles. The van der Waals surface area contributed by atoms with Crippen LogP contribution in [0.4, 0.5) is 10.2 Å². The normalized spacial score (nSPS) is 10.4. The number of aromatic nitrogens is 3. The van der Waals surface area contributed by atoms with Crippen molar-refractivity contribution >= 4 is 11.8 Å². The van der Waals surface area contributed by atoms with Gasteiger partial charge in [0.25, 0.3) is 5.56 Å². The van der Waals surface area contributed by atoms with Crippen LogP contribution in [0.15, 0.2) is 23.1 Å². The zero-order chi connectivity index (χ0) is 15.4. The van der Waals surface area contributed by atoms with Gasteiger partial charge in [-0.15, -0.1) is 0 Å². The zero-order valence-corrected chi connectivity index (χ0v) is 11.2. The minimum Gasteiger partial charge on any atom is -0.466 e. The second-order valence-corrected chi connectivity index (χ2v) is 4.12. The highest BCUT2D eigenvalue weighted by Gasteiger charge is 2.15. The Balaban J connectivity index is 2.35. The number of carbonyl (C=O) groups is 1. The summed E-state index contributed by atoms with van der Waals surface area (Å²) in [4.78, 5) is 33.6. The Bertz CT molecular complexity index is 712. The molecule has 2 rings (SSSR count). The van der Waals surface area contributed by atoms with Gasteiger partial charge in [0.05, 0.1) is 24.8 Å². The van der Waals surface area contributed by atoms with Crippen LogP contribution in [0, 0.1) is 5.82 Å². The molecule has 0 fully saturated rings. The number of rotatable bonds is 4. The van der Waals surface area contributed by atoms with Gasteiger partial charge in [0.15, 0.2) is 5.82 Å². The summed E-state index contributed by atoms with van der Waals surface area (Å²) in [5.41, 5.74) is 5.43. The summed E-state index contributed by atoms with van der Waals surface area (Å²) >= 11 is 0. The Hall–Kier alpha value is -2.77. The van der Waals surface area contributed by atoms with Crippen molar-refractivity contribution < 1.29 is 13.9 Å². The molecule has 7 nitrogen and oxygen atoms in total. The number of H-pyrrole nitrogens is 1. The number of nitrogen functional groups attached to an aromatic ring is 1. The molecule has 0 spiro atoms. The van der Waals surface area contributed by atoms with E-state index >= 15 is 0 Å². The number of nitrogens with two attached hydrogens (primary N) is 1. The molecule has 0 bridgehead atoms. The molecule has 0 atom stereocenters. The number of esters is 1. The summed E-state index contributed by atoms with van der Waals surface area (Å²) in [6, 6.07) is 2.54. The first-order valence-corrected chi connectivity index (χ1v) is 6.17. The van der Waals surface area contributed by atoms with Crippen molar-refractivity contribution in [3.63, 3.8) is 0 Å². The molecule has 0 aromatic carbocycles. The van der Waals surface area contributed by atoms with Crippen molar-refractivity contribution in [1.29, 1.82) is 0 Å². The lowest BCUT2D eigenvalue weighted by Gasteiger charge is -2.06. The number of halogens is 1. The lowest BCUT2D eigenvalue weighted by molar-refractivity contribution is -0.142. The van der Waals surface area contributed by atoms with Gasteiger partial charge in [-0.1, -0.05) is 0 Å². The highest BCUT2D eigenvalue weighted by atomic mass is 19.1. The maximum Gasteiger partial charge on any atom is 0.310 e. The van der Waals surface area contributed by atoms with Crippen LogP contribution in [0.25, 0.3) is 11.5 Å². The number of hydrogen-bond acceptors (Lipinski definition) is 6. The smallest absolute Gasteiger partial charge is 0.310 e. The molecule has 2 aromatic heterocycles. The minimum atomic E-state index is -0.566. The first-order chi connectivity index (χ1) is 10.0. The van der Waals surface area contributed by atoms with Gasteiger partial charge in [-0.05, 0) is 19.1 Å². The van der Waals surface area contributed by atoms with Crippen LogP contribution in [0.3, 0.4) is 0 Å². The van der Waals surface area contributed by atoms with Gasteiger partial charge in [-0.2, -0.15) is 0 Å². The van der Waals surface area contributed by atoms with Crippen LogP contribution >= 0.6 is 0 Å². The van der Waals surface area contributed by atoms with E-state index in [0.29, 0.717) is 0 Å². The summed E-state index contributed by atoms with van der Waals surface area (Å²) in [7, 11) is 0. The largest absolute Gasteiger partial charge is 0.466 e. The van der Waals surface area contributed by atoms with Crippen molar-refractivity contribution in [2.24, 2.45) is 0 Å². The first-order valence-electron chi connectivity index (χ1n) is 6.17. The molecule has 0 saturated heterocycles. The maximum absolute atomic E-state index is 12.8. The van der Waals surface area contributed by atoms with Gasteiger partial charge >= 0.3 is 5.97 Å². The SMILES string of the molecule is CCOC(=O)Cc1c(N)nc(-c2ccc(F)cn2)[nH]c1=O. The fourth-order valence-corrected chi connectivity index (χ4v) is 1.68. The Morgan fingerprint density at radius 3 is 2.81 bits per heavy atom. The highest BCUT2D eigenvalue weighted by Crippen LogP contribution is 2.13. The van der Waals surface area contributed by atoms with Crippen LogP contribution in [-0.4, -0.2) is 27.5 Å². The molecular weight excluding hydrogens is 279 g/mol. The molecular formula is C13H13FN4O3. The maximum atomic E-state index is 12.8. The summed E-state index contributed by atoms with van der Waals surface area (Å²) in [5.74, 6) is -1.06. The third kappa shape index (κ3) is 3.41. The van der Waals surface area contributed by atoms with E-state index in [1.807, 2.05) is 0 Å². The summed E-state index contributed by atoms with van der Waals surface area (Å²) < 4.78 is 17.6. The fourth-order valence-electron chi connectivity index (χ4n) is 1.68. The van der Waals surface area contributed by atoms with Crippen LogP contribution in [0.1, 0.15) is 12.5 Å². The van der Waals surface area contributed by atoms with Crippen molar-refractivity contribution in [2.75, 3.05) is 12.3 Å². The molecule has 0 unspecified atom stereocenters. The van der Waals surface area contributed by atoms with Gasteiger partial charge in [-0.25, -0.2) is 14.4 Å². The molecule has 0 aliphatic rings. The zero-order valence-electron chi connectivity index (χ0n) is 11.2. The van der Waals surface area contributed by atoms with Crippen molar-refractivity contribution in [2.45, 2.75) is 13.3 Å². The van der Waals surface area contributed by atoms with Crippen molar-refractivity contribution in [1.82, 2.24) is 15.0 Å². The minimum absolute atomic E-state index is 0.0271. The van der Waals surface area contributed by atoms with E-state index in [2.05, 4.69) is 15.0 Å². The molecule has 2 aromatic rings. The lowest BCUT2D eigenvalue weighted by Crippen LogP contribution is -2.22. The number of nitrogens with zero attached hydrogens (tertiary/aromatic N) is 2. The van der Waals surface area contributed by atoms with E-state index < -0.39 is 17.3 Å². The Kier molecular flexibility index (Phi) is 4.27. The van der Waals surface area contributed by atoms with Crippen LogP contribution in [-0.2, 0) is 16.0 Å². The molecule has 110 valence electrons. The van der Waals surface area contributed by atoms with Gasteiger partial charge in [0.2, 0.25) is 0 Å². The number of pyridine rings is 1. The summed E-state index contributed by atoms with van der Waals surface area (Å²) in [6.45, 7) is 1.87.